The minimum absolute atomic E-state index is 0.0415. The molecule has 1 saturated heterocycles. The van der Waals surface area contributed by atoms with Crippen molar-refractivity contribution in [2.24, 2.45) is 5.92 Å². The summed E-state index contributed by atoms with van der Waals surface area (Å²) in [6.07, 6.45) is 11.8. The molecule has 0 aromatic carbocycles. The van der Waals surface area contributed by atoms with E-state index in [2.05, 4.69) is 20.2 Å². The Morgan fingerprint density at radius 3 is 2.67 bits per heavy atom. The lowest BCUT2D eigenvalue weighted by Gasteiger charge is -2.43. The first-order chi connectivity index (χ1) is 20.1. The van der Waals surface area contributed by atoms with E-state index in [0.717, 1.165) is 50.0 Å². The average Bonchev–Trinajstić information content (AvgIpc) is 3.42. The molecule has 0 bridgehead atoms. The average molecular weight is 578 g/mol. The highest BCUT2D eigenvalue weighted by Gasteiger charge is 2.34. The number of pyridine rings is 2. The van der Waals surface area contributed by atoms with E-state index >= 15 is 0 Å². The first-order valence-electron chi connectivity index (χ1n) is 15.1. The Balaban J connectivity index is 1.29. The molecule has 11 nitrogen and oxygen atoms in total. The number of nitrogens with zero attached hydrogens (tertiary/aromatic N) is 7. The van der Waals surface area contributed by atoms with Gasteiger partial charge in [-0.3, -0.25) is 14.3 Å². The second-order valence-electron chi connectivity index (χ2n) is 12.4. The number of anilines is 1. The summed E-state index contributed by atoms with van der Waals surface area (Å²) >= 11 is 0. The molecule has 2 aliphatic rings. The van der Waals surface area contributed by atoms with Crippen LogP contribution in [0.3, 0.4) is 0 Å². The van der Waals surface area contributed by atoms with Crippen LogP contribution in [0, 0.1) is 5.92 Å². The molecule has 5 rings (SSSR count). The van der Waals surface area contributed by atoms with Crippen LogP contribution in [0.25, 0.3) is 11.3 Å². The van der Waals surface area contributed by atoms with E-state index in [1.807, 2.05) is 57.8 Å². The summed E-state index contributed by atoms with van der Waals surface area (Å²) < 4.78 is 14.7. The Bertz CT molecular complexity index is 1420. The quantitative estimate of drug-likeness (QED) is 0.351. The number of rotatable bonds is 9. The number of ether oxygens (including phenoxy) is 2. The summed E-state index contributed by atoms with van der Waals surface area (Å²) in [5.74, 6) is 1.21. The third kappa shape index (κ3) is 6.94. The molecule has 2 fully saturated rings. The van der Waals surface area contributed by atoms with E-state index in [0.29, 0.717) is 30.5 Å². The number of carbonyl (C=O) groups excluding carboxylic acids is 1. The second-order valence-corrected chi connectivity index (χ2v) is 12.4. The summed E-state index contributed by atoms with van der Waals surface area (Å²) in [5, 5.41) is 8.58. The molecular formula is C31H43N7O4. The maximum atomic E-state index is 13.3. The number of aromatic nitrogens is 5. The smallest absolute Gasteiger partial charge is 0.410 e. The summed E-state index contributed by atoms with van der Waals surface area (Å²) in [6.45, 7) is 12.4. The number of amides is 1. The molecule has 3 aromatic rings. The fraction of sp³-hybridized carbons (Fsp3) is 0.581. The van der Waals surface area contributed by atoms with Crippen molar-refractivity contribution in [2.45, 2.75) is 84.5 Å². The van der Waals surface area contributed by atoms with Crippen molar-refractivity contribution in [3.05, 3.63) is 53.3 Å². The van der Waals surface area contributed by atoms with Crippen molar-refractivity contribution >= 4 is 11.8 Å². The first kappa shape index (κ1) is 29.6. The molecule has 226 valence electrons. The van der Waals surface area contributed by atoms with Gasteiger partial charge in [-0.15, -0.1) is 5.10 Å². The molecule has 0 radical (unpaired) electrons. The second kappa shape index (κ2) is 12.5. The molecule has 1 saturated carbocycles. The molecule has 1 unspecified atom stereocenters. The van der Waals surface area contributed by atoms with E-state index in [-0.39, 0.29) is 23.9 Å². The van der Waals surface area contributed by atoms with E-state index in [1.54, 1.807) is 33.9 Å². The number of piperidine rings is 1. The van der Waals surface area contributed by atoms with E-state index < -0.39 is 5.60 Å². The lowest BCUT2D eigenvalue weighted by Crippen LogP contribution is -2.53. The van der Waals surface area contributed by atoms with Crippen LogP contribution in [-0.4, -0.2) is 73.4 Å². The van der Waals surface area contributed by atoms with E-state index in [4.69, 9.17) is 9.47 Å². The summed E-state index contributed by atoms with van der Waals surface area (Å²) in [4.78, 5) is 35.0. The Morgan fingerprint density at radius 1 is 1.17 bits per heavy atom. The topological polar surface area (TPSA) is 108 Å². The van der Waals surface area contributed by atoms with Gasteiger partial charge in [0.05, 0.1) is 25.0 Å². The molecule has 1 amide bonds. The van der Waals surface area contributed by atoms with Crippen LogP contribution in [0.15, 0.2) is 47.8 Å². The van der Waals surface area contributed by atoms with E-state index in [1.165, 1.54) is 6.42 Å². The van der Waals surface area contributed by atoms with Crippen LogP contribution in [0.1, 0.15) is 72.9 Å². The molecule has 3 aromatic heterocycles. The SMILES string of the molecule is CCOc1cncc(-c2cn(C(C)n3ccc(N4CCC[C@@H](N(CC5CCC5)C(=O)OC(C)(C)C)C4)cc3=O)nn2)c1. The van der Waals surface area contributed by atoms with Crippen LogP contribution in [0.2, 0.25) is 0 Å². The van der Waals surface area contributed by atoms with Gasteiger partial charge in [-0.05, 0) is 78.4 Å². The maximum absolute atomic E-state index is 13.3. The lowest BCUT2D eigenvalue weighted by molar-refractivity contribution is 0.00736. The third-order valence-electron chi connectivity index (χ3n) is 8.06. The zero-order valence-electron chi connectivity index (χ0n) is 25.4. The lowest BCUT2D eigenvalue weighted by atomic mass is 9.84. The molecule has 11 heteroatoms. The van der Waals surface area contributed by atoms with Gasteiger partial charge < -0.3 is 19.3 Å². The predicted molar refractivity (Wildman–Crippen MR) is 161 cm³/mol. The Labute approximate surface area is 247 Å². The van der Waals surface area contributed by atoms with Crippen molar-refractivity contribution in [1.29, 1.82) is 0 Å². The van der Waals surface area contributed by atoms with Gasteiger partial charge in [-0.2, -0.15) is 0 Å². The summed E-state index contributed by atoms with van der Waals surface area (Å²) in [6, 6.07) is 5.56. The standard InChI is InChI=1S/C31H43N7O4/c1-6-41-27-15-24(17-32-18-27)28-21-38(34-33-28)22(2)36-14-12-25(16-29(36)39)35-13-8-11-26(20-35)37(19-23-9-7-10-23)30(40)42-31(3,4)5/h12,14-18,21-23,26H,6-11,13,19-20H2,1-5H3/t22?,26-/m1/s1. The summed E-state index contributed by atoms with van der Waals surface area (Å²) in [5.41, 5.74) is 1.63. The molecule has 1 aliphatic heterocycles. The predicted octanol–water partition coefficient (Wildman–Crippen LogP) is 4.97. The van der Waals surface area contributed by atoms with Crippen LogP contribution >= 0.6 is 0 Å². The monoisotopic (exact) mass is 577 g/mol. The highest BCUT2D eigenvalue weighted by Crippen LogP contribution is 2.31. The zero-order chi connectivity index (χ0) is 29.9. The number of hydrogen-bond acceptors (Lipinski definition) is 8. The third-order valence-corrected chi connectivity index (χ3v) is 8.06. The molecule has 2 atom stereocenters. The highest BCUT2D eigenvalue weighted by atomic mass is 16.6. The Morgan fingerprint density at radius 2 is 1.98 bits per heavy atom. The van der Waals surface area contributed by atoms with Crippen LogP contribution in [0.4, 0.5) is 10.5 Å². The van der Waals surface area contributed by atoms with Gasteiger partial charge in [-0.1, -0.05) is 11.6 Å². The van der Waals surface area contributed by atoms with Crippen molar-refractivity contribution in [3.63, 3.8) is 0 Å². The van der Waals surface area contributed by atoms with Gasteiger partial charge in [-0.25, -0.2) is 9.48 Å². The maximum Gasteiger partial charge on any atom is 0.410 e. The number of hydrogen-bond donors (Lipinski definition) is 0. The van der Waals surface area contributed by atoms with E-state index in [9.17, 15) is 9.59 Å². The van der Waals surface area contributed by atoms with Crippen molar-refractivity contribution in [2.75, 3.05) is 31.1 Å². The van der Waals surface area contributed by atoms with Gasteiger partial charge in [0.25, 0.3) is 5.56 Å². The van der Waals surface area contributed by atoms with Crippen LogP contribution in [0.5, 0.6) is 5.75 Å². The van der Waals surface area contributed by atoms with Gasteiger partial charge >= 0.3 is 6.09 Å². The normalized spacial score (nSPS) is 18.3. The number of carbonyl (C=O) groups is 1. The largest absolute Gasteiger partial charge is 0.492 e. The first-order valence-corrected chi connectivity index (χ1v) is 15.1. The van der Waals surface area contributed by atoms with Crippen molar-refractivity contribution in [1.82, 2.24) is 29.4 Å². The van der Waals surface area contributed by atoms with Crippen LogP contribution in [-0.2, 0) is 4.74 Å². The van der Waals surface area contributed by atoms with Crippen molar-refractivity contribution in [3.8, 4) is 17.0 Å². The minimum atomic E-state index is -0.542. The summed E-state index contributed by atoms with van der Waals surface area (Å²) in [7, 11) is 0. The molecular weight excluding hydrogens is 534 g/mol. The molecule has 1 aliphatic carbocycles. The highest BCUT2D eigenvalue weighted by molar-refractivity contribution is 5.69. The van der Waals surface area contributed by atoms with Gasteiger partial charge in [0.1, 0.15) is 23.2 Å². The molecule has 42 heavy (non-hydrogen) atoms. The van der Waals surface area contributed by atoms with Crippen LogP contribution < -0.4 is 15.2 Å². The van der Waals surface area contributed by atoms with Crippen molar-refractivity contribution < 1.29 is 14.3 Å². The fourth-order valence-corrected chi connectivity index (χ4v) is 5.60. The molecule has 0 N–H and O–H groups in total. The molecule has 4 heterocycles. The molecule has 0 spiro atoms. The Hall–Kier alpha value is -3.89. The van der Waals surface area contributed by atoms with Gasteiger partial charge in [0.2, 0.25) is 0 Å². The Kier molecular flexibility index (Phi) is 8.84. The fourth-order valence-electron chi connectivity index (χ4n) is 5.60. The van der Waals surface area contributed by atoms with Gasteiger partial charge in [0.15, 0.2) is 0 Å². The zero-order valence-corrected chi connectivity index (χ0v) is 25.4. The minimum Gasteiger partial charge on any atom is -0.492 e. The van der Waals surface area contributed by atoms with Gasteiger partial charge in [0, 0.05) is 49.3 Å².